The van der Waals surface area contributed by atoms with Crippen LogP contribution in [0.4, 0.5) is 5.00 Å². The number of amides is 1. The number of halogens is 2. The number of hydrogen-bond acceptors (Lipinski definition) is 4. The third-order valence-corrected chi connectivity index (χ3v) is 3.94. The highest BCUT2D eigenvalue weighted by atomic mass is 35.5. The maximum atomic E-state index is 12.0. The molecule has 0 radical (unpaired) electrons. The Morgan fingerprint density at radius 2 is 2.00 bits per heavy atom. The summed E-state index contributed by atoms with van der Waals surface area (Å²) in [6, 6.07) is 0. The summed E-state index contributed by atoms with van der Waals surface area (Å²) >= 11 is 12.3. The molecule has 1 heterocycles. The standard InChI is InChI=1S/C12H15Cl2NO3S/c1-4-7-6(3)19-11(15-10(16)9(13)14)8(7)12(17)18-5-2/h9H,4-5H2,1-3H3,(H,15,16). The number of nitrogens with one attached hydrogen (secondary N) is 1. The number of carbonyl (C=O) groups excluding carboxylic acids is 2. The monoisotopic (exact) mass is 323 g/mol. The van der Waals surface area contributed by atoms with Crippen molar-refractivity contribution < 1.29 is 14.3 Å². The van der Waals surface area contributed by atoms with E-state index in [1.54, 1.807) is 6.92 Å². The number of rotatable bonds is 5. The Kier molecular flexibility index (Phi) is 6.10. The normalized spacial score (nSPS) is 10.6. The predicted octanol–water partition coefficient (Wildman–Crippen LogP) is 3.54. The molecule has 0 fully saturated rings. The number of ether oxygens (including phenoxy) is 1. The Bertz CT molecular complexity index is 486. The summed E-state index contributed by atoms with van der Waals surface area (Å²) in [5.41, 5.74) is 1.27. The molecule has 7 heteroatoms. The van der Waals surface area contributed by atoms with Gasteiger partial charge in [0, 0.05) is 4.88 Å². The zero-order chi connectivity index (χ0) is 14.6. The Labute approximate surface area is 126 Å². The van der Waals surface area contributed by atoms with Crippen molar-refractivity contribution in [2.24, 2.45) is 0 Å². The van der Waals surface area contributed by atoms with Crippen molar-refractivity contribution in [1.29, 1.82) is 0 Å². The number of esters is 1. The van der Waals surface area contributed by atoms with Gasteiger partial charge in [0.1, 0.15) is 5.00 Å². The number of alkyl halides is 2. The molecule has 0 unspecified atom stereocenters. The number of anilines is 1. The van der Waals surface area contributed by atoms with Crippen molar-refractivity contribution in [2.45, 2.75) is 32.0 Å². The second-order valence-corrected chi connectivity index (χ2v) is 6.03. The van der Waals surface area contributed by atoms with E-state index in [4.69, 9.17) is 27.9 Å². The van der Waals surface area contributed by atoms with E-state index in [1.807, 2.05) is 13.8 Å². The van der Waals surface area contributed by atoms with Crippen molar-refractivity contribution in [1.82, 2.24) is 0 Å². The number of hydrogen-bond donors (Lipinski definition) is 1. The van der Waals surface area contributed by atoms with Crippen LogP contribution >= 0.6 is 34.5 Å². The Hall–Kier alpha value is -0.780. The highest BCUT2D eigenvalue weighted by Crippen LogP contribution is 2.34. The lowest BCUT2D eigenvalue weighted by Gasteiger charge is -2.08. The predicted molar refractivity (Wildman–Crippen MR) is 78.5 cm³/mol. The molecule has 106 valence electrons. The quantitative estimate of drug-likeness (QED) is 0.666. The first-order valence-corrected chi connectivity index (χ1v) is 7.49. The van der Waals surface area contributed by atoms with Crippen molar-refractivity contribution >= 4 is 51.4 Å². The van der Waals surface area contributed by atoms with Crippen molar-refractivity contribution in [3.05, 3.63) is 16.0 Å². The summed E-state index contributed by atoms with van der Waals surface area (Å²) in [5.74, 6) is -1.00. The van der Waals surface area contributed by atoms with Gasteiger partial charge in [-0.15, -0.1) is 11.3 Å². The second-order valence-electron chi connectivity index (χ2n) is 3.70. The van der Waals surface area contributed by atoms with E-state index in [9.17, 15) is 9.59 Å². The number of thiophene rings is 1. The maximum Gasteiger partial charge on any atom is 0.341 e. The van der Waals surface area contributed by atoms with Crippen LogP contribution in [-0.4, -0.2) is 23.3 Å². The summed E-state index contributed by atoms with van der Waals surface area (Å²) in [6.07, 6.45) is 0.678. The summed E-state index contributed by atoms with van der Waals surface area (Å²) < 4.78 is 5.02. The molecule has 0 aliphatic carbocycles. The topological polar surface area (TPSA) is 55.4 Å². The fourth-order valence-electron chi connectivity index (χ4n) is 1.68. The fourth-order valence-corrected chi connectivity index (χ4v) is 2.92. The minimum absolute atomic E-state index is 0.276. The first-order valence-electron chi connectivity index (χ1n) is 5.80. The Balaban J connectivity index is 3.16. The minimum atomic E-state index is -1.18. The van der Waals surface area contributed by atoms with Crippen LogP contribution in [0.5, 0.6) is 0 Å². The van der Waals surface area contributed by atoms with Gasteiger partial charge < -0.3 is 10.1 Å². The van der Waals surface area contributed by atoms with Gasteiger partial charge in [0.15, 0.2) is 4.84 Å². The van der Waals surface area contributed by atoms with Crippen molar-refractivity contribution in [3.8, 4) is 0 Å². The van der Waals surface area contributed by atoms with Gasteiger partial charge >= 0.3 is 5.97 Å². The molecule has 1 N–H and O–H groups in total. The summed E-state index contributed by atoms with van der Waals surface area (Å²) in [4.78, 5) is 23.3. The zero-order valence-electron chi connectivity index (χ0n) is 10.9. The minimum Gasteiger partial charge on any atom is -0.462 e. The smallest absolute Gasteiger partial charge is 0.341 e. The Morgan fingerprint density at radius 1 is 1.37 bits per heavy atom. The van der Waals surface area contributed by atoms with Crippen LogP contribution < -0.4 is 5.32 Å². The largest absolute Gasteiger partial charge is 0.462 e. The first kappa shape index (κ1) is 16.3. The van der Waals surface area contributed by atoms with Gasteiger partial charge in [0.2, 0.25) is 0 Å². The van der Waals surface area contributed by atoms with Crippen LogP contribution in [0.15, 0.2) is 0 Å². The van der Waals surface area contributed by atoms with Gasteiger partial charge in [-0.3, -0.25) is 4.79 Å². The molecule has 0 atom stereocenters. The molecule has 1 aromatic heterocycles. The van der Waals surface area contributed by atoms with E-state index in [1.165, 1.54) is 11.3 Å². The van der Waals surface area contributed by atoms with Gasteiger partial charge in [-0.05, 0) is 25.8 Å². The van der Waals surface area contributed by atoms with Gasteiger partial charge in [-0.25, -0.2) is 4.79 Å². The second kappa shape index (κ2) is 7.12. The SMILES string of the molecule is CCOC(=O)c1c(NC(=O)C(Cl)Cl)sc(C)c1CC. The molecular formula is C12H15Cl2NO3S. The first-order chi connectivity index (χ1) is 8.92. The lowest BCUT2D eigenvalue weighted by Crippen LogP contribution is -2.20. The number of carbonyl (C=O) groups is 2. The van der Waals surface area contributed by atoms with E-state index in [2.05, 4.69) is 5.32 Å². The molecule has 0 aromatic carbocycles. The molecule has 19 heavy (non-hydrogen) atoms. The molecule has 0 aliphatic rings. The molecule has 1 rings (SSSR count). The van der Waals surface area contributed by atoms with Crippen LogP contribution in [0.2, 0.25) is 0 Å². The van der Waals surface area contributed by atoms with Crippen molar-refractivity contribution in [2.75, 3.05) is 11.9 Å². The molecule has 0 bridgehead atoms. The lowest BCUT2D eigenvalue weighted by atomic mass is 10.1. The highest BCUT2D eigenvalue weighted by Gasteiger charge is 2.24. The third-order valence-electron chi connectivity index (χ3n) is 2.48. The zero-order valence-corrected chi connectivity index (χ0v) is 13.2. The van der Waals surface area contributed by atoms with E-state index in [-0.39, 0.29) is 6.61 Å². The third kappa shape index (κ3) is 3.84. The van der Waals surface area contributed by atoms with Gasteiger partial charge in [-0.1, -0.05) is 30.1 Å². The van der Waals surface area contributed by atoms with Crippen LogP contribution in [0.3, 0.4) is 0 Å². The van der Waals surface area contributed by atoms with E-state index in [0.717, 1.165) is 10.4 Å². The summed E-state index contributed by atoms with van der Waals surface area (Å²) in [5, 5.41) is 2.99. The highest BCUT2D eigenvalue weighted by molar-refractivity contribution is 7.16. The van der Waals surface area contributed by atoms with Gasteiger partial charge in [0.25, 0.3) is 5.91 Å². The molecular weight excluding hydrogens is 309 g/mol. The van der Waals surface area contributed by atoms with E-state index in [0.29, 0.717) is 17.0 Å². The molecule has 1 aromatic rings. The lowest BCUT2D eigenvalue weighted by molar-refractivity contribution is -0.114. The number of aryl methyl sites for hydroxylation is 1. The molecule has 1 amide bonds. The van der Waals surface area contributed by atoms with Gasteiger partial charge in [0.05, 0.1) is 12.2 Å². The van der Waals surface area contributed by atoms with E-state index >= 15 is 0 Å². The maximum absolute atomic E-state index is 12.0. The van der Waals surface area contributed by atoms with Gasteiger partial charge in [-0.2, -0.15) is 0 Å². The van der Waals surface area contributed by atoms with Crippen LogP contribution in [0.1, 0.15) is 34.6 Å². The van der Waals surface area contributed by atoms with E-state index < -0.39 is 16.7 Å². The van der Waals surface area contributed by atoms with Crippen molar-refractivity contribution in [3.63, 3.8) is 0 Å². The molecule has 0 saturated heterocycles. The summed E-state index contributed by atoms with van der Waals surface area (Å²) in [7, 11) is 0. The molecule has 0 saturated carbocycles. The molecule has 4 nitrogen and oxygen atoms in total. The molecule has 0 spiro atoms. The molecule has 0 aliphatic heterocycles. The average Bonchev–Trinajstić information content (AvgIpc) is 2.65. The fraction of sp³-hybridized carbons (Fsp3) is 0.500. The average molecular weight is 324 g/mol. The van der Waals surface area contributed by atoms with Crippen LogP contribution in [0, 0.1) is 6.92 Å². The van der Waals surface area contributed by atoms with Crippen LogP contribution in [-0.2, 0) is 16.0 Å². The Morgan fingerprint density at radius 3 is 2.47 bits per heavy atom. The summed E-state index contributed by atoms with van der Waals surface area (Å²) in [6.45, 7) is 5.84. The van der Waals surface area contributed by atoms with Crippen LogP contribution in [0.25, 0.3) is 0 Å².